The molecule has 1 aromatic heterocycles. The minimum absolute atomic E-state index is 0.0122. The first-order valence-corrected chi connectivity index (χ1v) is 9.18. The van der Waals surface area contributed by atoms with Crippen molar-refractivity contribution >= 4 is 33.3 Å². The molecule has 9 heteroatoms. The lowest BCUT2D eigenvalue weighted by atomic mass is 10.1. The van der Waals surface area contributed by atoms with E-state index in [1.165, 1.54) is 23.5 Å². The molecule has 1 fully saturated rings. The number of hydrogen-bond donors (Lipinski definition) is 0. The van der Waals surface area contributed by atoms with Gasteiger partial charge in [-0.25, -0.2) is 9.78 Å². The summed E-state index contributed by atoms with van der Waals surface area (Å²) >= 11 is 1.35. The fourth-order valence-corrected chi connectivity index (χ4v) is 3.52. The number of rotatable bonds is 4. The van der Waals surface area contributed by atoms with Gasteiger partial charge in [0.2, 0.25) is 0 Å². The number of non-ortho nitro benzene ring substituents is 1. The molecule has 1 amide bonds. The molecule has 1 aliphatic heterocycles. The molecule has 0 bridgehead atoms. The summed E-state index contributed by atoms with van der Waals surface area (Å²) in [5, 5.41) is 11.3. The van der Waals surface area contributed by atoms with Crippen molar-refractivity contribution in [1.82, 2.24) is 9.88 Å². The molecule has 0 N–H and O–H groups in total. The Morgan fingerprint density at radius 2 is 2.23 bits per heavy atom. The molecule has 1 saturated heterocycles. The topological polar surface area (TPSA) is 94.8 Å². The van der Waals surface area contributed by atoms with Crippen LogP contribution in [-0.4, -0.2) is 46.2 Å². The molecule has 0 saturated carbocycles. The molecule has 0 spiro atoms. The minimum Gasteiger partial charge on any atom is -0.470 e. The second-order valence-corrected chi connectivity index (χ2v) is 8.27. The molecule has 0 aliphatic carbocycles. The van der Waals surface area contributed by atoms with Gasteiger partial charge < -0.3 is 14.4 Å². The average Bonchev–Trinajstić information content (AvgIpc) is 3.17. The van der Waals surface area contributed by atoms with Gasteiger partial charge in [-0.2, -0.15) is 0 Å². The van der Waals surface area contributed by atoms with Crippen LogP contribution in [0.1, 0.15) is 27.2 Å². The van der Waals surface area contributed by atoms with Crippen LogP contribution in [-0.2, 0) is 4.74 Å². The highest BCUT2D eigenvalue weighted by Crippen LogP contribution is 2.31. The molecule has 2 aromatic rings. The van der Waals surface area contributed by atoms with Gasteiger partial charge in [-0.15, -0.1) is 0 Å². The van der Waals surface area contributed by atoms with Gasteiger partial charge in [0.25, 0.3) is 10.9 Å². The van der Waals surface area contributed by atoms with Gasteiger partial charge in [-0.05, 0) is 33.3 Å². The largest absolute Gasteiger partial charge is 0.470 e. The third-order valence-electron chi connectivity index (χ3n) is 3.94. The van der Waals surface area contributed by atoms with Gasteiger partial charge in [0.15, 0.2) is 0 Å². The molecule has 3 rings (SSSR count). The van der Waals surface area contributed by atoms with E-state index in [-0.39, 0.29) is 17.7 Å². The van der Waals surface area contributed by atoms with Crippen LogP contribution in [0.4, 0.5) is 10.5 Å². The number of thiazole rings is 1. The zero-order chi connectivity index (χ0) is 18.9. The lowest BCUT2D eigenvalue weighted by Gasteiger charge is -2.24. The number of fused-ring (bicyclic) bond motifs is 1. The maximum absolute atomic E-state index is 12.1. The first-order valence-electron chi connectivity index (χ1n) is 8.37. The molecule has 0 unspecified atom stereocenters. The smallest absolute Gasteiger partial charge is 0.410 e. The van der Waals surface area contributed by atoms with Gasteiger partial charge in [0.05, 0.1) is 21.7 Å². The van der Waals surface area contributed by atoms with Crippen molar-refractivity contribution in [1.29, 1.82) is 0 Å². The van der Waals surface area contributed by atoms with Crippen molar-refractivity contribution < 1.29 is 19.2 Å². The molecule has 140 valence electrons. The standard InChI is InChI=1S/C17H21N3O5S/c1-17(2,3)25-16(21)19-7-6-11(9-19)10-24-15-18-13-8-12(20(22)23)4-5-14(13)26-15/h4-5,8,11H,6-7,9-10H2,1-3H3/t11-/m0/s1. The summed E-state index contributed by atoms with van der Waals surface area (Å²) in [5.41, 5.74) is 0.0640. The molecule has 1 aromatic carbocycles. The predicted molar refractivity (Wildman–Crippen MR) is 97.7 cm³/mol. The van der Waals surface area contributed by atoms with Gasteiger partial charge in [-0.1, -0.05) is 11.3 Å². The summed E-state index contributed by atoms with van der Waals surface area (Å²) in [6, 6.07) is 4.58. The van der Waals surface area contributed by atoms with Crippen LogP contribution in [0.25, 0.3) is 10.2 Å². The SMILES string of the molecule is CC(C)(C)OC(=O)N1CC[C@H](COc2nc3cc([N+](=O)[O-])ccc3s2)C1. The number of hydrogen-bond acceptors (Lipinski definition) is 7. The number of likely N-dealkylation sites (tertiary alicyclic amines) is 1. The fraction of sp³-hybridized carbons (Fsp3) is 0.529. The zero-order valence-corrected chi connectivity index (χ0v) is 15.7. The number of ether oxygens (including phenoxy) is 2. The van der Waals surface area contributed by atoms with Crippen LogP contribution in [0, 0.1) is 16.0 Å². The monoisotopic (exact) mass is 379 g/mol. The summed E-state index contributed by atoms with van der Waals surface area (Å²) in [5.74, 6) is 0.212. The second kappa shape index (κ2) is 7.06. The van der Waals surface area contributed by atoms with Gasteiger partial charge in [0.1, 0.15) is 5.60 Å². The molecule has 0 radical (unpaired) electrons. The van der Waals surface area contributed by atoms with Crippen LogP contribution in [0.15, 0.2) is 18.2 Å². The number of nitrogens with zero attached hydrogens (tertiary/aromatic N) is 3. The summed E-state index contributed by atoms with van der Waals surface area (Å²) < 4.78 is 12.0. The van der Waals surface area contributed by atoms with E-state index in [1.54, 1.807) is 11.0 Å². The first kappa shape index (κ1) is 18.4. The number of benzene rings is 1. The van der Waals surface area contributed by atoms with Crippen molar-refractivity contribution in [3.05, 3.63) is 28.3 Å². The Morgan fingerprint density at radius 3 is 2.92 bits per heavy atom. The number of amides is 1. The minimum atomic E-state index is -0.505. The van der Waals surface area contributed by atoms with Crippen LogP contribution < -0.4 is 4.74 Å². The highest BCUT2D eigenvalue weighted by molar-refractivity contribution is 7.20. The summed E-state index contributed by atoms with van der Waals surface area (Å²) in [4.78, 5) is 28.5. The average molecular weight is 379 g/mol. The quantitative estimate of drug-likeness (QED) is 0.592. The summed E-state index contributed by atoms with van der Waals surface area (Å²) in [6.45, 7) is 7.22. The second-order valence-electron chi connectivity index (χ2n) is 7.28. The third-order valence-corrected chi connectivity index (χ3v) is 4.89. The highest BCUT2D eigenvalue weighted by atomic mass is 32.1. The molecule has 1 aliphatic rings. The number of aromatic nitrogens is 1. The summed E-state index contributed by atoms with van der Waals surface area (Å²) in [6.07, 6.45) is 0.544. The maximum Gasteiger partial charge on any atom is 0.410 e. The summed E-state index contributed by atoms with van der Waals surface area (Å²) in [7, 11) is 0. The zero-order valence-electron chi connectivity index (χ0n) is 14.9. The van der Waals surface area contributed by atoms with Gasteiger partial charge in [-0.3, -0.25) is 10.1 Å². The van der Waals surface area contributed by atoms with E-state index in [9.17, 15) is 14.9 Å². The third kappa shape index (κ3) is 4.40. The van der Waals surface area contributed by atoms with E-state index < -0.39 is 10.5 Å². The Morgan fingerprint density at radius 1 is 1.46 bits per heavy atom. The van der Waals surface area contributed by atoms with Crippen molar-refractivity contribution in [3.8, 4) is 5.19 Å². The van der Waals surface area contributed by atoms with Crippen LogP contribution in [0.2, 0.25) is 0 Å². The molecule has 8 nitrogen and oxygen atoms in total. The Kier molecular flexibility index (Phi) is 4.99. The Bertz CT molecular complexity index is 829. The Hall–Kier alpha value is -2.42. The van der Waals surface area contributed by atoms with E-state index in [2.05, 4.69) is 4.98 Å². The molecular formula is C17H21N3O5S. The van der Waals surface area contributed by atoms with Crippen molar-refractivity contribution in [2.45, 2.75) is 32.8 Å². The lowest BCUT2D eigenvalue weighted by Crippen LogP contribution is -2.35. The Labute approximate surface area is 154 Å². The molecule has 26 heavy (non-hydrogen) atoms. The highest BCUT2D eigenvalue weighted by Gasteiger charge is 2.30. The number of carbonyl (C=O) groups is 1. The number of nitro benzene ring substituents is 1. The van der Waals surface area contributed by atoms with Crippen LogP contribution in [0.5, 0.6) is 5.19 Å². The fourth-order valence-electron chi connectivity index (χ4n) is 2.72. The number of carbonyl (C=O) groups excluding carboxylic acids is 1. The van der Waals surface area contributed by atoms with Crippen molar-refractivity contribution in [2.24, 2.45) is 5.92 Å². The van der Waals surface area contributed by atoms with Crippen molar-refractivity contribution in [2.75, 3.05) is 19.7 Å². The van der Waals surface area contributed by atoms with E-state index in [0.717, 1.165) is 11.1 Å². The molecular weight excluding hydrogens is 358 g/mol. The molecule has 2 heterocycles. The normalized spacial score (nSPS) is 17.5. The van der Waals surface area contributed by atoms with E-state index >= 15 is 0 Å². The van der Waals surface area contributed by atoms with Crippen molar-refractivity contribution in [3.63, 3.8) is 0 Å². The van der Waals surface area contributed by atoms with Gasteiger partial charge in [0, 0.05) is 31.1 Å². The molecule has 1 atom stereocenters. The first-order chi connectivity index (χ1) is 12.2. The number of nitro groups is 1. The lowest BCUT2D eigenvalue weighted by molar-refractivity contribution is -0.384. The maximum atomic E-state index is 12.1. The van der Waals surface area contributed by atoms with Crippen LogP contribution in [0.3, 0.4) is 0 Å². The predicted octanol–water partition coefficient (Wildman–Crippen LogP) is 3.84. The van der Waals surface area contributed by atoms with E-state index in [4.69, 9.17) is 9.47 Å². The van der Waals surface area contributed by atoms with E-state index in [1.807, 2.05) is 20.8 Å². The van der Waals surface area contributed by atoms with Gasteiger partial charge >= 0.3 is 6.09 Å². The van der Waals surface area contributed by atoms with Crippen LogP contribution >= 0.6 is 11.3 Å². The van der Waals surface area contributed by atoms with E-state index in [0.29, 0.717) is 30.4 Å². The Balaban J connectivity index is 1.56.